The number of fused-ring (bicyclic) bond motifs is 1. The lowest BCUT2D eigenvalue weighted by Crippen LogP contribution is -2.64. The molecule has 1 saturated heterocycles. The van der Waals surface area contributed by atoms with E-state index in [4.69, 9.17) is 4.74 Å². The lowest BCUT2D eigenvalue weighted by atomic mass is 9.77. The average Bonchev–Trinajstić information content (AvgIpc) is 3.00. The number of hydrogen-bond donors (Lipinski definition) is 2. The second-order valence-corrected chi connectivity index (χ2v) is 10.9. The zero-order valence-corrected chi connectivity index (χ0v) is 19.8. The number of ether oxygens (including phenoxy) is 1. The molecule has 7 nitrogen and oxygen atoms in total. The zero-order chi connectivity index (χ0) is 23.1. The lowest BCUT2D eigenvalue weighted by Gasteiger charge is -2.40. The third-order valence-electron chi connectivity index (χ3n) is 6.05. The maximum atomic E-state index is 13.5. The summed E-state index contributed by atoms with van der Waals surface area (Å²) in [6.07, 6.45) is 2.54. The van der Waals surface area contributed by atoms with Crippen molar-refractivity contribution >= 4 is 17.9 Å². The third kappa shape index (κ3) is 4.98. The van der Waals surface area contributed by atoms with E-state index in [1.807, 2.05) is 48.5 Å². The highest BCUT2D eigenvalue weighted by molar-refractivity contribution is 5.92. The molecule has 0 aromatic rings. The van der Waals surface area contributed by atoms with Gasteiger partial charge in [-0.1, -0.05) is 6.08 Å². The molecular formula is C23H39N3O4. The summed E-state index contributed by atoms with van der Waals surface area (Å²) in [5.74, 6) is -0.399. The molecule has 3 amide bonds. The van der Waals surface area contributed by atoms with Crippen molar-refractivity contribution in [3.05, 3.63) is 12.7 Å². The molecule has 1 heterocycles. The number of rotatable bonds is 4. The Morgan fingerprint density at radius 1 is 1.20 bits per heavy atom. The maximum Gasteiger partial charge on any atom is 0.410 e. The molecule has 170 valence electrons. The first kappa shape index (κ1) is 24.2. The molecular weight excluding hydrogens is 382 g/mol. The number of amides is 3. The van der Waals surface area contributed by atoms with Crippen molar-refractivity contribution < 1.29 is 19.1 Å². The van der Waals surface area contributed by atoms with Crippen LogP contribution in [0.4, 0.5) is 4.79 Å². The minimum atomic E-state index is -1.02. The Bertz CT molecular complexity index is 706. The van der Waals surface area contributed by atoms with E-state index in [1.54, 1.807) is 11.0 Å². The topological polar surface area (TPSA) is 87.7 Å². The Labute approximate surface area is 181 Å². The highest BCUT2D eigenvalue weighted by atomic mass is 16.6. The summed E-state index contributed by atoms with van der Waals surface area (Å²) in [5, 5.41) is 6.08. The first-order valence-electron chi connectivity index (χ1n) is 10.8. The zero-order valence-electron chi connectivity index (χ0n) is 19.8. The van der Waals surface area contributed by atoms with E-state index in [0.29, 0.717) is 19.4 Å². The monoisotopic (exact) mass is 421 g/mol. The van der Waals surface area contributed by atoms with Gasteiger partial charge in [-0.05, 0) is 79.1 Å². The van der Waals surface area contributed by atoms with Crippen LogP contribution in [0, 0.1) is 17.8 Å². The highest BCUT2D eigenvalue weighted by Crippen LogP contribution is 2.53. The standard InChI is InChI=1S/C23H39N3O4/c1-10-11-17-18-14(2)26(20(29)30-22(7,8)9)13-16(18)12-23(17,24-15(3)27)19(28)25-21(4,5)6/h10,14,16-18H,1,11-13H2,2-9H3,(H,24,27)(H,25,28)/t14-,16-,17-,18?,23?/m0/s1. The molecule has 2 rings (SSSR count). The van der Waals surface area contributed by atoms with Gasteiger partial charge >= 0.3 is 6.09 Å². The van der Waals surface area contributed by atoms with Gasteiger partial charge in [0.05, 0.1) is 0 Å². The smallest absolute Gasteiger partial charge is 0.410 e. The van der Waals surface area contributed by atoms with E-state index in [9.17, 15) is 14.4 Å². The predicted octanol–water partition coefficient (Wildman–Crippen LogP) is 3.24. The fourth-order valence-electron chi connectivity index (χ4n) is 5.23. The van der Waals surface area contributed by atoms with Gasteiger partial charge in [-0.25, -0.2) is 4.79 Å². The van der Waals surface area contributed by atoms with Crippen LogP contribution >= 0.6 is 0 Å². The van der Waals surface area contributed by atoms with Gasteiger partial charge in [-0.2, -0.15) is 0 Å². The van der Waals surface area contributed by atoms with Gasteiger partial charge in [0.15, 0.2) is 0 Å². The van der Waals surface area contributed by atoms with E-state index < -0.39 is 16.7 Å². The van der Waals surface area contributed by atoms with Crippen LogP contribution in [0.15, 0.2) is 12.7 Å². The molecule has 1 aliphatic carbocycles. The van der Waals surface area contributed by atoms with Crippen LogP contribution in [0.25, 0.3) is 0 Å². The van der Waals surface area contributed by atoms with E-state index in [0.717, 1.165) is 0 Å². The van der Waals surface area contributed by atoms with Gasteiger partial charge in [0, 0.05) is 25.0 Å². The van der Waals surface area contributed by atoms with Crippen molar-refractivity contribution in [3.8, 4) is 0 Å². The number of carbonyl (C=O) groups is 3. The van der Waals surface area contributed by atoms with Gasteiger partial charge in [0.1, 0.15) is 11.1 Å². The summed E-state index contributed by atoms with van der Waals surface area (Å²) in [7, 11) is 0. The minimum Gasteiger partial charge on any atom is -0.444 e. The van der Waals surface area contributed by atoms with Crippen LogP contribution in [-0.2, 0) is 14.3 Å². The van der Waals surface area contributed by atoms with Crippen LogP contribution in [0.2, 0.25) is 0 Å². The van der Waals surface area contributed by atoms with Gasteiger partial charge < -0.3 is 20.3 Å². The molecule has 30 heavy (non-hydrogen) atoms. The van der Waals surface area contributed by atoms with Gasteiger partial charge in [-0.15, -0.1) is 6.58 Å². The van der Waals surface area contributed by atoms with Crippen molar-refractivity contribution in [2.75, 3.05) is 6.54 Å². The normalized spacial score (nSPS) is 31.1. The quantitative estimate of drug-likeness (QED) is 0.682. The first-order valence-corrected chi connectivity index (χ1v) is 10.8. The molecule has 0 radical (unpaired) electrons. The highest BCUT2D eigenvalue weighted by Gasteiger charge is 2.63. The lowest BCUT2D eigenvalue weighted by molar-refractivity contribution is -0.136. The second kappa shape index (κ2) is 8.23. The number of carbonyl (C=O) groups excluding carboxylic acids is 3. The molecule has 2 fully saturated rings. The van der Waals surface area contributed by atoms with Crippen molar-refractivity contribution in [2.45, 2.75) is 91.0 Å². The molecule has 2 aliphatic rings. The number of nitrogens with zero attached hydrogens (tertiary/aromatic N) is 1. The minimum absolute atomic E-state index is 0.0630. The summed E-state index contributed by atoms with van der Waals surface area (Å²) in [6, 6.07) is -0.104. The molecule has 0 bridgehead atoms. The van der Waals surface area contributed by atoms with Crippen molar-refractivity contribution in [1.82, 2.24) is 15.5 Å². The summed E-state index contributed by atoms with van der Waals surface area (Å²) < 4.78 is 5.60. The molecule has 5 atom stereocenters. The molecule has 7 heteroatoms. The average molecular weight is 422 g/mol. The van der Waals surface area contributed by atoms with E-state index >= 15 is 0 Å². The summed E-state index contributed by atoms with van der Waals surface area (Å²) in [4.78, 5) is 40.2. The number of allylic oxidation sites excluding steroid dienone is 1. The summed E-state index contributed by atoms with van der Waals surface area (Å²) in [6.45, 7) is 19.2. The largest absolute Gasteiger partial charge is 0.444 e. The Balaban J connectivity index is 2.39. The summed E-state index contributed by atoms with van der Waals surface area (Å²) in [5.41, 5.74) is -2.01. The molecule has 0 aromatic heterocycles. The number of hydrogen-bond acceptors (Lipinski definition) is 4. The van der Waals surface area contributed by atoms with Gasteiger partial charge in [0.2, 0.25) is 11.8 Å². The molecule has 0 aromatic carbocycles. The number of nitrogens with one attached hydrogen (secondary N) is 2. The molecule has 2 N–H and O–H groups in total. The van der Waals surface area contributed by atoms with Gasteiger partial charge in [0.25, 0.3) is 0 Å². The van der Waals surface area contributed by atoms with E-state index in [-0.39, 0.29) is 41.7 Å². The SMILES string of the molecule is C=CC[C@H]1C2[C@H](CN(C(=O)OC(C)(C)C)[C@H]2C)CC1(NC(C)=O)C(=O)NC(C)(C)C. The van der Waals surface area contributed by atoms with Crippen molar-refractivity contribution in [2.24, 2.45) is 17.8 Å². The Kier molecular flexibility index (Phi) is 6.65. The van der Waals surface area contributed by atoms with Crippen LogP contribution < -0.4 is 10.6 Å². The van der Waals surface area contributed by atoms with Crippen LogP contribution in [-0.4, -0.2) is 52.1 Å². The number of likely N-dealkylation sites (tertiary alicyclic amines) is 1. The second-order valence-electron chi connectivity index (χ2n) is 10.9. The van der Waals surface area contributed by atoms with E-state index in [2.05, 4.69) is 17.2 Å². The fourth-order valence-corrected chi connectivity index (χ4v) is 5.23. The Morgan fingerprint density at radius 3 is 2.27 bits per heavy atom. The van der Waals surface area contributed by atoms with Crippen LogP contribution in [0.1, 0.15) is 68.2 Å². The predicted molar refractivity (Wildman–Crippen MR) is 117 cm³/mol. The Hall–Kier alpha value is -2.05. The summed E-state index contributed by atoms with van der Waals surface area (Å²) >= 11 is 0. The molecule has 1 aliphatic heterocycles. The third-order valence-corrected chi connectivity index (χ3v) is 6.05. The molecule has 2 unspecified atom stereocenters. The Morgan fingerprint density at radius 2 is 1.80 bits per heavy atom. The maximum absolute atomic E-state index is 13.5. The van der Waals surface area contributed by atoms with Crippen LogP contribution in [0.3, 0.4) is 0 Å². The van der Waals surface area contributed by atoms with Crippen molar-refractivity contribution in [1.29, 1.82) is 0 Å². The fraction of sp³-hybridized carbons (Fsp3) is 0.783. The van der Waals surface area contributed by atoms with Gasteiger partial charge in [-0.3, -0.25) is 9.59 Å². The molecule has 0 spiro atoms. The van der Waals surface area contributed by atoms with Crippen LogP contribution in [0.5, 0.6) is 0 Å². The van der Waals surface area contributed by atoms with E-state index in [1.165, 1.54) is 6.92 Å². The van der Waals surface area contributed by atoms with Crippen molar-refractivity contribution in [3.63, 3.8) is 0 Å². The molecule has 1 saturated carbocycles. The first-order chi connectivity index (χ1) is 13.6.